The minimum absolute atomic E-state index is 0.117. The van der Waals surface area contributed by atoms with Crippen LogP contribution in [0.2, 0.25) is 5.02 Å². The molecule has 9 heteroatoms. The molecule has 1 amide bonds. The van der Waals surface area contributed by atoms with Crippen LogP contribution in [0.4, 0.5) is 5.82 Å². The van der Waals surface area contributed by atoms with Crippen LogP contribution >= 0.6 is 11.6 Å². The number of carbonyl (C=O) groups is 1. The van der Waals surface area contributed by atoms with Crippen molar-refractivity contribution in [3.8, 4) is 11.8 Å². The Balaban J connectivity index is 1.70. The summed E-state index contributed by atoms with van der Waals surface area (Å²) in [5.74, 6) is 5.92. The third-order valence-corrected chi connectivity index (χ3v) is 5.09. The number of carbonyl (C=O) groups excluding carboxylic acids is 1. The lowest BCUT2D eigenvalue weighted by Gasteiger charge is -2.21. The van der Waals surface area contributed by atoms with Gasteiger partial charge in [-0.05, 0) is 31.1 Å². The van der Waals surface area contributed by atoms with E-state index in [1.807, 2.05) is 19.9 Å². The molecule has 5 N–H and O–H groups in total. The summed E-state index contributed by atoms with van der Waals surface area (Å²) in [5, 5.41) is 15.0. The van der Waals surface area contributed by atoms with Gasteiger partial charge in [-0.1, -0.05) is 37.4 Å². The van der Waals surface area contributed by atoms with Gasteiger partial charge in [0.05, 0.1) is 17.9 Å². The molecule has 2 heterocycles. The van der Waals surface area contributed by atoms with Gasteiger partial charge in [-0.25, -0.2) is 9.97 Å². The summed E-state index contributed by atoms with van der Waals surface area (Å²) < 4.78 is 0. The van der Waals surface area contributed by atoms with E-state index in [1.54, 1.807) is 18.3 Å². The number of aromatic amines is 1. The van der Waals surface area contributed by atoms with Gasteiger partial charge in [0, 0.05) is 35.1 Å². The summed E-state index contributed by atoms with van der Waals surface area (Å²) in [4.78, 5) is 25.5. The maximum atomic E-state index is 12.3. The molecular weight excluding hydrogens is 416 g/mol. The number of aliphatic hydroxyl groups excluding tert-OH is 1. The van der Waals surface area contributed by atoms with Crippen LogP contribution in [0, 0.1) is 11.8 Å². The zero-order chi connectivity index (χ0) is 22.4. The molecule has 0 saturated heterocycles. The highest BCUT2D eigenvalue weighted by molar-refractivity contribution is 6.31. The number of hydrogen-bond donors (Lipinski definition) is 4. The maximum Gasteiger partial charge on any atom is 0.287 e. The molecule has 1 unspecified atom stereocenters. The van der Waals surface area contributed by atoms with E-state index in [-0.39, 0.29) is 12.4 Å². The van der Waals surface area contributed by atoms with Gasteiger partial charge in [0.2, 0.25) is 0 Å². The van der Waals surface area contributed by atoms with E-state index >= 15 is 0 Å². The van der Waals surface area contributed by atoms with Crippen LogP contribution in [0.1, 0.15) is 35.7 Å². The largest absolute Gasteiger partial charge is 0.390 e. The van der Waals surface area contributed by atoms with Crippen LogP contribution in [0.25, 0.3) is 10.8 Å². The second kappa shape index (κ2) is 10.3. The Hall–Kier alpha value is -3.12. The third-order valence-electron chi connectivity index (χ3n) is 4.86. The van der Waals surface area contributed by atoms with Crippen molar-refractivity contribution in [2.45, 2.75) is 20.0 Å². The van der Waals surface area contributed by atoms with E-state index in [2.05, 4.69) is 37.0 Å². The first-order valence-corrected chi connectivity index (χ1v) is 10.4. The van der Waals surface area contributed by atoms with Gasteiger partial charge < -0.3 is 26.0 Å². The highest BCUT2D eigenvalue weighted by Gasteiger charge is 2.14. The number of aromatic nitrogens is 3. The number of nitrogens with two attached hydrogens (primary N) is 1. The van der Waals surface area contributed by atoms with E-state index in [1.165, 1.54) is 6.20 Å². The van der Waals surface area contributed by atoms with Crippen LogP contribution in [-0.4, -0.2) is 63.1 Å². The van der Waals surface area contributed by atoms with Gasteiger partial charge in [0.1, 0.15) is 11.5 Å². The molecule has 0 fully saturated rings. The summed E-state index contributed by atoms with van der Waals surface area (Å²) >= 11 is 6.10. The van der Waals surface area contributed by atoms with Crippen molar-refractivity contribution in [1.29, 1.82) is 0 Å². The molecular formula is C22H25ClN6O2. The summed E-state index contributed by atoms with van der Waals surface area (Å²) in [6.07, 6.45) is 2.47. The average molecular weight is 441 g/mol. The summed E-state index contributed by atoms with van der Waals surface area (Å²) in [6.45, 7) is 6.35. The zero-order valence-electron chi connectivity index (χ0n) is 17.4. The average Bonchev–Trinajstić information content (AvgIpc) is 3.24. The highest BCUT2D eigenvalue weighted by Crippen LogP contribution is 2.24. The summed E-state index contributed by atoms with van der Waals surface area (Å²) in [5.41, 5.74) is 7.01. The Bertz CT molecular complexity index is 1120. The molecule has 1 atom stereocenters. The number of fused-ring (bicyclic) bond motifs is 1. The quantitative estimate of drug-likeness (QED) is 0.417. The number of pyridine rings is 1. The minimum Gasteiger partial charge on any atom is -0.390 e. The normalized spacial score (nSPS) is 11.9. The van der Waals surface area contributed by atoms with Gasteiger partial charge in [0.25, 0.3) is 5.91 Å². The van der Waals surface area contributed by atoms with Gasteiger partial charge >= 0.3 is 0 Å². The van der Waals surface area contributed by atoms with Crippen molar-refractivity contribution in [3.05, 3.63) is 52.7 Å². The molecule has 3 aromatic rings. The van der Waals surface area contributed by atoms with E-state index in [0.29, 0.717) is 28.6 Å². The Kier molecular flexibility index (Phi) is 7.47. The molecule has 2 aromatic heterocycles. The Morgan fingerprint density at radius 3 is 2.81 bits per heavy atom. The molecule has 31 heavy (non-hydrogen) atoms. The molecule has 0 spiro atoms. The first-order chi connectivity index (χ1) is 14.9. The number of benzene rings is 1. The maximum absolute atomic E-state index is 12.3. The third kappa shape index (κ3) is 5.73. The topological polar surface area (TPSA) is 120 Å². The van der Waals surface area contributed by atoms with Crippen molar-refractivity contribution in [1.82, 2.24) is 25.2 Å². The lowest BCUT2D eigenvalue weighted by atomic mass is 10.1. The fraction of sp³-hybridized carbons (Fsp3) is 0.318. The predicted molar refractivity (Wildman–Crippen MR) is 122 cm³/mol. The standard InChI is InChI=1S/C22H25ClN6O2/c1-3-29(4-2)13-17(30)12-27-22(31)21-26-11-16(28-21)7-8-18-19-9-15(23)6-5-14(19)10-25-20(18)24/h5-6,9-11,17,30H,3-4,12-13H2,1-2H3,(H2,24,25)(H,26,28)(H,27,31). The summed E-state index contributed by atoms with van der Waals surface area (Å²) in [7, 11) is 0. The second-order valence-electron chi connectivity index (χ2n) is 7.00. The van der Waals surface area contributed by atoms with Crippen molar-refractivity contribution >= 4 is 34.1 Å². The molecule has 0 aliphatic heterocycles. The predicted octanol–water partition coefficient (Wildman–Crippen LogP) is 2.03. The number of amides is 1. The fourth-order valence-electron chi connectivity index (χ4n) is 3.10. The van der Waals surface area contributed by atoms with Gasteiger partial charge in [-0.15, -0.1) is 0 Å². The lowest BCUT2D eigenvalue weighted by molar-refractivity contribution is 0.0861. The number of nitrogen functional groups attached to an aromatic ring is 1. The SMILES string of the molecule is CCN(CC)CC(O)CNC(=O)c1ncc(C#Cc2c(N)ncc3ccc(Cl)cc23)[nH]1. The number of halogens is 1. The number of nitrogens with one attached hydrogen (secondary N) is 2. The zero-order valence-corrected chi connectivity index (χ0v) is 18.2. The number of anilines is 1. The summed E-state index contributed by atoms with van der Waals surface area (Å²) in [6, 6.07) is 5.41. The first-order valence-electron chi connectivity index (χ1n) is 10.0. The monoisotopic (exact) mass is 440 g/mol. The van der Waals surface area contributed by atoms with Crippen LogP contribution in [0.3, 0.4) is 0 Å². The fourth-order valence-corrected chi connectivity index (χ4v) is 3.27. The van der Waals surface area contributed by atoms with E-state index in [4.69, 9.17) is 17.3 Å². The van der Waals surface area contributed by atoms with Crippen molar-refractivity contribution < 1.29 is 9.90 Å². The van der Waals surface area contributed by atoms with E-state index in [9.17, 15) is 9.90 Å². The van der Waals surface area contributed by atoms with Crippen LogP contribution in [0.15, 0.2) is 30.6 Å². The molecule has 0 aliphatic carbocycles. The number of nitrogens with zero attached hydrogens (tertiary/aromatic N) is 3. The van der Waals surface area contributed by atoms with Gasteiger partial charge in [-0.3, -0.25) is 4.79 Å². The Morgan fingerprint density at radius 1 is 1.29 bits per heavy atom. The molecule has 0 aliphatic rings. The Morgan fingerprint density at radius 2 is 2.06 bits per heavy atom. The smallest absolute Gasteiger partial charge is 0.287 e. The molecule has 0 bridgehead atoms. The number of hydrogen-bond acceptors (Lipinski definition) is 6. The first kappa shape index (κ1) is 22.6. The van der Waals surface area contributed by atoms with Gasteiger partial charge in [0.15, 0.2) is 5.82 Å². The van der Waals surface area contributed by atoms with Crippen LogP contribution in [-0.2, 0) is 0 Å². The molecule has 8 nitrogen and oxygen atoms in total. The molecule has 162 valence electrons. The number of rotatable bonds is 7. The number of imidazole rings is 1. The van der Waals surface area contributed by atoms with E-state index < -0.39 is 12.0 Å². The minimum atomic E-state index is -0.660. The van der Waals surface area contributed by atoms with Crippen molar-refractivity contribution in [2.24, 2.45) is 0 Å². The van der Waals surface area contributed by atoms with Crippen LogP contribution < -0.4 is 11.1 Å². The lowest BCUT2D eigenvalue weighted by Crippen LogP contribution is -2.40. The van der Waals surface area contributed by atoms with Crippen LogP contribution in [0.5, 0.6) is 0 Å². The number of aliphatic hydroxyl groups is 1. The Labute approximate surface area is 185 Å². The van der Waals surface area contributed by atoms with Gasteiger partial charge in [-0.2, -0.15) is 0 Å². The molecule has 3 rings (SSSR count). The van der Waals surface area contributed by atoms with Crippen molar-refractivity contribution in [2.75, 3.05) is 31.9 Å². The second-order valence-corrected chi connectivity index (χ2v) is 7.43. The van der Waals surface area contributed by atoms with E-state index in [0.717, 1.165) is 23.9 Å². The molecule has 1 aromatic carbocycles. The van der Waals surface area contributed by atoms with Crippen molar-refractivity contribution in [3.63, 3.8) is 0 Å². The number of H-pyrrole nitrogens is 1. The highest BCUT2D eigenvalue weighted by atomic mass is 35.5. The molecule has 0 radical (unpaired) electrons. The molecule has 0 saturated carbocycles. The number of likely N-dealkylation sites (N-methyl/N-ethyl adjacent to an activating group) is 1.